The molecular weight excluding hydrogens is 414 g/mol. The van der Waals surface area contributed by atoms with Crippen LogP contribution in [-0.2, 0) is 10.2 Å². The van der Waals surface area contributed by atoms with Gasteiger partial charge in [0.15, 0.2) is 6.61 Å². The van der Waals surface area contributed by atoms with E-state index in [1.807, 2.05) is 42.5 Å². The van der Waals surface area contributed by atoms with Crippen LogP contribution < -0.4 is 19.5 Å². The summed E-state index contributed by atoms with van der Waals surface area (Å²) >= 11 is 6.10. The van der Waals surface area contributed by atoms with Gasteiger partial charge in [0.1, 0.15) is 17.2 Å². The summed E-state index contributed by atoms with van der Waals surface area (Å²) in [6.07, 6.45) is 0. The van der Waals surface area contributed by atoms with Crippen molar-refractivity contribution in [3.63, 3.8) is 0 Å². The molecule has 0 aliphatic heterocycles. The monoisotopic (exact) mass is 439 g/mol. The van der Waals surface area contributed by atoms with Gasteiger partial charge in [0.05, 0.1) is 24.9 Å². The van der Waals surface area contributed by atoms with Crippen molar-refractivity contribution in [1.29, 1.82) is 0 Å². The number of benzene rings is 3. The fourth-order valence-electron chi connectivity index (χ4n) is 3.28. The predicted octanol–water partition coefficient (Wildman–Crippen LogP) is 5.70. The van der Waals surface area contributed by atoms with E-state index in [0.29, 0.717) is 28.0 Å². The van der Waals surface area contributed by atoms with Crippen LogP contribution in [0.5, 0.6) is 17.2 Å². The zero-order chi connectivity index (χ0) is 22.4. The Labute approximate surface area is 187 Å². The van der Waals surface area contributed by atoms with Crippen LogP contribution >= 0.6 is 11.6 Å². The van der Waals surface area contributed by atoms with E-state index in [1.165, 1.54) is 19.8 Å². The number of ether oxygens (including phenoxy) is 3. The van der Waals surface area contributed by atoms with Crippen LogP contribution in [0.4, 0.5) is 5.69 Å². The molecule has 3 aromatic carbocycles. The zero-order valence-electron chi connectivity index (χ0n) is 18.1. The fraction of sp³-hybridized carbons (Fsp3) is 0.240. The number of halogens is 1. The van der Waals surface area contributed by atoms with Gasteiger partial charge in [-0.3, -0.25) is 4.79 Å². The standard InChI is InChI=1S/C25H26ClNO4/c1-25(2,17-8-6-5-7-9-17)18-10-12-19(13-11-18)31-16-24(28)27-21-15-22(29-3)20(26)14-23(21)30-4/h5-15H,16H2,1-4H3,(H,27,28). The SMILES string of the molecule is COc1cc(NC(=O)COc2ccc(C(C)(C)c3ccccc3)cc2)c(OC)cc1Cl. The molecule has 1 amide bonds. The summed E-state index contributed by atoms with van der Waals surface area (Å²) in [7, 11) is 3.01. The van der Waals surface area contributed by atoms with Gasteiger partial charge in [-0.2, -0.15) is 0 Å². The Hall–Kier alpha value is -3.18. The van der Waals surface area contributed by atoms with Gasteiger partial charge < -0.3 is 19.5 Å². The van der Waals surface area contributed by atoms with Crippen molar-refractivity contribution in [1.82, 2.24) is 0 Å². The minimum atomic E-state index is -0.323. The van der Waals surface area contributed by atoms with Crippen molar-refractivity contribution in [2.24, 2.45) is 0 Å². The Morgan fingerprint density at radius 2 is 1.52 bits per heavy atom. The second-order valence-corrected chi connectivity index (χ2v) is 7.95. The molecule has 0 spiro atoms. The highest BCUT2D eigenvalue weighted by Gasteiger charge is 2.22. The first kappa shape index (κ1) is 22.5. The van der Waals surface area contributed by atoms with Crippen molar-refractivity contribution >= 4 is 23.2 Å². The molecule has 0 saturated heterocycles. The molecule has 5 nitrogen and oxygen atoms in total. The van der Waals surface area contributed by atoms with E-state index in [9.17, 15) is 4.79 Å². The number of carbonyl (C=O) groups is 1. The highest BCUT2D eigenvalue weighted by Crippen LogP contribution is 2.36. The summed E-state index contributed by atoms with van der Waals surface area (Å²) in [6.45, 7) is 4.22. The first-order valence-corrected chi connectivity index (χ1v) is 10.2. The van der Waals surface area contributed by atoms with Gasteiger partial charge in [-0.1, -0.05) is 67.9 Å². The van der Waals surface area contributed by atoms with Crippen LogP contribution in [0.1, 0.15) is 25.0 Å². The summed E-state index contributed by atoms with van der Waals surface area (Å²) in [5, 5.41) is 3.16. The van der Waals surface area contributed by atoms with Crippen LogP contribution in [0, 0.1) is 0 Å². The first-order valence-electron chi connectivity index (χ1n) is 9.85. The lowest BCUT2D eigenvalue weighted by Crippen LogP contribution is -2.21. The molecule has 0 atom stereocenters. The van der Waals surface area contributed by atoms with Gasteiger partial charge in [0, 0.05) is 17.5 Å². The van der Waals surface area contributed by atoms with Crippen molar-refractivity contribution in [3.05, 3.63) is 82.9 Å². The number of methoxy groups -OCH3 is 2. The van der Waals surface area contributed by atoms with E-state index in [-0.39, 0.29) is 17.9 Å². The van der Waals surface area contributed by atoms with E-state index < -0.39 is 0 Å². The number of rotatable bonds is 8. The molecular formula is C25H26ClNO4. The minimum absolute atomic E-state index is 0.138. The summed E-state index contributed by atoms with van der Waals surface area (Å²) in [6, 6.07) is 21.3. The molecule has 1 N–H and O–H groups in total. The molecule has 31 heavy (non-hydrogen) atoms. The topological polar surface area (TPSA) is 56.8 Å². The van der Waals surface area contributed by atoms with Crippen molar-refractivity contribution < 1.29 is 19.0 Å². The van der Waals surface area contributed by atoms with Gasteiger partial charge in [0.2, 0.25) is 0 Å². The summed E-state index contributed by atoms with van der Waals surface area (Å²) < 4.78 is 16.1. The number of anilines is 1. The molecule has 0 heterocycles. The molecule has 0 aliphatic carbocycles. The predicted molar refractivity (Wildman–Crippen MR) is 124 cm³/mol. The van der Waals surface area contributed by atoms with Crippen molar-refractivity contribution in [3.8, 4) is 17.2 Å². The molecule has 0 aromatic heterocycles. The lowest BCUT2D eigenvalue weighted by molar-refractivity contribution is -0.118. The van der Waals surface area contributed by atoms with E-state index in [1.54, 1.807) is 12.1 Å². The van der Waals surface area contributed by atoms with E-state index in [4.69, 9.17) is 25.8 Å². The first-order chi connectivity index (χ1) is 14.8. The number of hydrogen-bond acceptors (Lipinski definition) is 4. The molecule has 3 rings (SSSR count). The lowest BCUT2D eigenvalue weighted by atomic mass is 9.78. The van der Waals surface area contributed by atoms with Crippen LogP contribution in [-0.4, -0.2) is 26.7 Å². The normalized spacial score (nSPS) is 11.0. The van der Waals surface area contributed by atoms with Crippen molar-refractivity contribution in [2.45, 2.75) is 19.3 Å². The van der Waals surface area contributed by atoms with Gasteiger partial charge in [-0.25, -0.2) is 0 Å². The summed E-state index contributed by atoms with van der Waals surface area (Å²) in [4.78, 5) is 12.4. The highest BCUT2D eigenvalue weighted by molar-refractivity contribution is 6.32. The third-order valence-electron chi connectivity index (χ3n) is 5.19. The molecule has 0 radical (unpaired) electrons. The van der Waals surface area contributed by atoms with Crippen LogP contribution in [0.3, 0.4) is 0 Å². The third-order valence-corrected chi connectivity index (χ3v) is 5.48. The second-order valence-electron chi connectivity index (χ2n) is 7.54. The van der Waals surface area contributed by atoms with Gasteiger partial charge >= 0.3 is 0 Å². The maximum Gasteiger partial charge on any atom is 0.262 e. The van der Waals surface area contributed by atoms with Gasteiger partial charge in [0.25, 0.3) is 5.91 Å². The molecule has 0 aliphatic rings. The van der Waals surface area contributed by atoms with Crippen LogP contribution in [0.2, 0.25) is 5.02 Å². The average molecular weight is 440 g/mol. The Bertz CT molecular complexity index is 1030. The molecule has 0 saturated carbocycles. The largest absolute Gasteiger partial charge is 0.495 e. The second kappa shape index (κ2) is 9.75. The Morgan fingerprint density at radius 1 is 0.903 bits per heavy atom. The summed E-state index contributed by atoms with van der Waals surface area (Å²) in [5.41, 5.74) is 2.71. The number of nitrogens with one attached hydrogen (secondary N) is 1. The maximum absolute atomic E-state index is 12.4. The van der Waals surface area contributed by atoms with Crippen molar-refractivity contribution in [2.75, 3.05) is 26.1 Å². The third kappa shape index (κ3) is 5.30. The summed E-state index contributed by atoms with van der Waals surface area (Å²) in [5.74, 6) is 1.17. The molecule has 0 fully saturated rings. The van der Waals surface area contributed by atoms with E-state index >= 15 is 0 Å². The zero-order valence-corrected chi connectivity index (χ0v) is 18.8. The highest BCUT2D eigenvalue weighted by atomic mass is 35.5. The average Bonchev–Trinajstić information content (AvgIpc) is 2.79. The smallest absolute Gasteiger partial charge is 0.262 e. The van der Waals surface area contributed by atoms with Crippen LogP contribution in [0.25, 0.3) is 0 Å². The van der Waals surface area contributed by atoms with E-state index in [0.717, 1.165) is 5.56 Å². The molecule has 162 valence electrons. The van der Waals surface area contributed by atoms with Crippen LogP contribution in [0.15, 0.2) is 66.7 Å². The molecule has 6 heteroatoms. The Kier molecular flexibility index (Phi) is 7.08. The molecule has 3 aromatic rings. The number of amides is 1. The van der Waals surface area contributed by atoms with E-state index in [2.05, 4.69) is 31.3 Å². The Morgan fingerprint density at radius 3 is 2.13 bits per heavy atom. The number of carbonyl (C=O) groups excluding carboxylic acids is 1. The molecule has 0 unspecified atom stereocenters. The maximum atomic E-state index is 12.4. The quantitative estimate of drug-likeness (QED) is 0.489. The Balaban J connectivity index is 1.64. The fourth-order valence-corrected chi connectivity index (χ4v) is 3.51. The molecule has 0 bridgehead atoms. The van der Waals surface area contributed by atoms with Gasteiger partial charge in [-0.05, 0) is 23.3 Å². The van der Waals surface area contributed by atoms with Gasteiger partial charge in [-0.15, -0.1) is 0 Å². The number of hydrogen-bond donors (Lipinski definition) is 1. The minimum Gasteiger partial charge on any atom is -0.495 e. The lowest BCUT2D eigenvalue weighted by Gasteiger charge is -2.26.